The lowest BCUT2D eigenvalue weighted by atomic mass is 9.80. The summed E-state index contributed by atoms with van der Waals surface area (Å²) in [4.78, 5) is 6.43. The average molecular weight is 367 g/mol. The highest BCUT2D eigenvalue weighted by Gasteiger charge is 2.52. The summed E-state index contributed by atoms with van der Waals surface area (Å²) in [6, 6.07) is 1.61. The third-order valence-corrected chi connectivity index (χ3v) is 7.22. The van der Waals surface area contributed by atoms with E-state index in [2.05, 4.69) is 9.88 Å². The number of hydrogen-bond donors (Lipinski definition) is 0. The van der Waals surface area contributed by atoms with Gasteiger partial charge in [0.1, 0.15) is 4.90 Å². The van der Waals surface area contributed by atoms with E-state index in [1.165, 1.54) is 10.5 Å². The zero-order valence-electron chi connectivity index (χ0n) is 15.5. The molecular weight excluding hydrogens is 341 g/mol. The smallest absolute Gasteiger partial charge is 0.399 e. The van der Waals surface area contributed by atoms with E-state index < -0.39 is 28.3 Å². The van der Waals surface area contributed by atoms with E-state index in [9.17, 15) is 8.42 Å². The van der Waals surface area contributed by atoms with Crippen molar-refractivity contribution in [2.75, 3.05) is 33.2 Å². The Labute approximate surface area is 150 Å². The fourth-order valence-electron chi connectivity index (χ4n) is 2.86. The molecule has 7 nitrogen and oxygen atoms in total. The van der Waals surface area contributed by atoms with Gasteiger partial charge in [0.15, 0.2) is 0 Å². The topological polar surface area (TPSA) is 72.0 Å². The van der Waals surface area contributed by atoms with E-state index in [1.54, 1.807) is 12.3 Å². The third kappa shape index (κ3) is 3.48. The van der Waals surface area contributed by atoms with Crippen molar-refractivity contribution in [3.63, 3.8) is 0 Å². The summed E-state index contributed by atoms with van der Waals surface area (Å²) in [5.41, 5.74) is -0.345. The highest BCUT2D eigenvalue weighted by molar-refractivity contribution is 7.89. The van der Waals surface area contributed by atoms with Gasteiger partial charge in [0.05, 0.1) is 11.2 Å². The molecule has 0 radical (unpaired) electrons. The molecule has 1 aromatic heterocycles. The lowest BCUT2D eigenvalue weighted by Crippen LogP contribution is -2.47. The van der Waals surface area contributed by atoms with Crippen molar-refractivity contribution in [3.8, 4) is 0 Å². The maximum atomic E-state index is 12.9. The Morgan fingerprint density at radius 1 is 1.04 bits per heavy atom. The van der Waals surface area contributed by atoms with Gasteiger partial charge in [0.2, 0.25) is 10.0 Å². The van der Waals surface area contributed by atoms with Gasteiger partial charge in [-0.25, -0.2) is 8.42 Å². The van der Waals surface area contributed by atoms with Crippen LogP contribution in [0.1, 0.15) is 27.7 Å². The second-order valence-corrected chi connectivity index (χ2v) is 9.69. The minimum Gasteiger partial charge on any atom is -0.399 e. The Bertz CT molecular complexity index is 730. The second-order valence-electron chi connectivity index (χ2n) is 7.75. The first-order valence-corrected chi connectivity index (χ1v) is 9.96. The lowest BCUT2D eigenvalue weighted by molar-refractivity contribution is 0.00578. The molecule has 1 aromatic rings. The van der Waals surface area contributed by atoms with Crippen LogP contribution in [0.25, 0.3) is 0 Å². The zero-order valence-corrected chi connectivity index (χ0v) is 16.3. The van der Waals surface area contributed by atoms with Gasteiger partial charge in [-0.3, -0.25) is 4.98 Å². The molecule has 0 atom stereocenters. The van der Waals surface area contributed by atoms with Gasteiger partial charge in [-0.1, -0.05) is 0 Å². The standard InChI is InChI=1S/C16H26BN3O4S/c1-15(2)16(3,4)24-17(23-15)13-10-14(12-18-11-13)25(21,22)20-8-6-19(5)7-9-20/h10-12H,6-9H2,1-5H3. The third-order valence-electron chi connectivity index (χ3n) is 5.36. The summed E-state index contributed by atoms with van der Waals surface area (Å²) in [5.74, 6) is 0. The van der Waals surface area contributed by atoms with Crippen LogP contribution in [0.15, 0.2) is 23.4 Å². The molecule has 2 fully saturated rings. The number of hydrogen-bond acceptors (Lipinski definition) is 6. The summed E-state index contributed by atoms with van der Waals surface area (Å²) >= 11 is 0. The van der Waals surface area contributed by atoms with Gasteiger partial charge in [-0.2, -0.15) is 4.31 Å². The minimum atomic E-state index is -3.56. The first kappa shape index (κ1) is 18.8. The van der Waals surface area contributed by atoms with Crippen LogP contribution in [0.4, 0.5) is 0 Å². The SMILES string of the molecule is CN1CCN(S(=O)(=O)c2cncc(B3OC(C)(C)C(C)(C)O3)c2)CC1. The molecule has 0 saturated carbocycles. The molecule has 2 aliphatic heterocycles. The molecule has 0 aromatic carbocycles. The van der Waals surface area contributed by atoms with E-state index in [1.807, 2.05) is 34.7 Å². The number of rotatable bonds is 3. The summed E-state index contributed by atoms with van der Waals surface area (Å²) in [6.07, 6.45) is 2.99. The largest absolute Gasteiger partial charge is 0.496 e. The van der Waals surface area contributed by atoms with Gasteiger partial charge < -0.3 is 14.2 Å². The maximum Gasteiger partial charge on any atom is 0.496 e. The molecule has 0 N–H and O–H groups in total. The molecule has 25 heavy (non-hydrogen) atoms. The molecule has 9 heteroatoms. The van der Waals surface area contributed by atoms with Crippen molar-refractivity contribution in [3.05, 3.63) is 18.5 Å². The van der Waals surface area contributed by atoms with Gasteiger partial charge in [0.25, 0.3) is 0 Å². The normalized spacial score (nSPS) is 24.6. The van der Waals surface area contributed by atoms with Gasteiger partial charge in [-0.15, -0.1) is 0 Å². The van der Waals surface area contributed by atoms with Crippen LogP contribution in [-0.2, 0) is 19.3 Å². The number of nitrogens with zero attached hydrogens (tertiary/aromatic N) is 3. The Hall–Kier alpha value is -0.995. The highest BCUT2D eigenvalue weighted by atomic mass is 32.2. The van der Waals surface area contributed by atoms with E-state index in [0.29, 0.717) is 18.6 Å². The van der Waals surface area contributed by atoms with Crippen molar-refractivity contribution in [1.29, 1.82) is 0 Å². The summed E-state index contributed by atoms with van der Waals surface area (Å²) < 4.78 is 39.3. The number of aromatic nitrogens is 1. The number of piperazine rings is 1. The Morgan fingerprint density at radius 2 is 1.60 bits per heavy atom. The van der Waals surface area contributed by atoms with Crippen molar-refractivity contribution in [2.24, 2.45) is 0 Å². The molecule has 0 spiro atoms. The lowest BCUT2D eigenvalue weighted by Gasteiger charge is -2.32. The van der Waals surface area contributed by atoms with E-state index in [4.69, 9.17) is 9.31 Å². The Balaban J connectivity index is 1.85. The molecule has 0 unspecified atom stereocenters. The van der Waals surface area contributed by atoms with Gasteiger partial charge in [0, 0.05) is 44.0 Å². The van der Waals surface area contributed by atoms with Crippen molar-refractivity contribution in [1.82, 2.24) is 14.2 Å². The summed E-state index contributed by atoms with van der Waals surface area (Å²) in [7, 11) is -2.20. The number of sulfonamides is 1. The van der Waals surface area contributed by atoms with Crippen LogP contribution in [0.5, 0.6) is 0 Å². The molecule has 3 heterocycles. The predicted molar refractivity (Wildman–Crippen MR) is 96.2 cm³/mol. The molecular formula is C16H26BN3O4S. The molecule has 0 amide bonds. The van der Waals surface area contributed by atoms with Gasteiger partial charge in [-0.05, 0) is 40.8 Å². The van der Waals surface area contributed by atoms with Gasteiger partial charge >= 0.3 is 7.12 Å². The van der Waals surface area contributed by atoms with Crippen LogP contribution >= 0.6 is 0 Å². The van der Waals surface area contributed by atoms with Crippen LogP contribution in [0.2, 0.25) is 0 Å². The molecule has 2 saturated heterocycles. The Morgan fingerprint density at radius 3 is 2.16 bits per heavy atom. The maximum absolute atomic E-state index is 12.9. The molecule has 0 bridgehead atoms. The summed E-state index contributed by atoms with van der Waals surface area (Å²) in [5, 5.41) is 0. The molecule has 2 aliphatic rings. The number of likely N-dealkylation sites (N-methyl/N-ethyl adjacent to an activating group) is 1. The second kappa shape index (κ2) is 6.31. The fourth-order valence-corrected chi connectivity index (χ4v) is 4.28. The fraction of sp³-hybridized carbons (Fsp3) is 0.688. The molecule has 3 rings (SSSR count). The average Bonchev–Trinajstić information content (AvgIpc) is 2.76. The first-order chi connectivity index (χ1) is 11.5. The quantitative estimate of drug-likeness (QED) is 0.717. The minimum absolute atomic E-state index is 0.185. The van der Waals surface area contributed by atoms with Crippen LogP contribution in [0, 0.1) is 0 Å². The van der Waals surface area contributed by atoms with E-state index in [0.717, 1.165) is 13.1 Å². The molecule has 138 valence electrons. The van der Waals surface area contributed by atoms with Crippen molar-refractivity contribution < 1.29 is 17.7 Å². The van der Waals surface area contributed by atoms with Crippen LogP contribution < -0.4 is 5.46 Å². The predicted octanol–water partition coefficient (Wildman–Crippen LogP) is 0.317. The summed E-state index contributed by atoms with van der Waals surface area (Å²) in [6.45, 7) is 10.3. The highest BCUT2D eigenvalue weighted by Crippen LogP contribution is 2.36. The van der Waals surface area contributed by atoms with E-state index in [-0.39, 0.29) is 4.90 Å². The van der Waals surface area contributed by atoms with Crippen molar-refractivity contribution in [2.45, 2.75) is 43.8 Å². The first-order valence-electron chi connectivity index (χ1n) is 8.52. The van der Waals surface area contributed by atoms with Crippen molar-refractivity contribution >= 4 is 22.6 Å². The molecule has 0 aliphatic carbocycles. The van der Waals surface area contributed by atoms with Crippen LogP contribution in [-0.4, -0.2) is 74.2 Å². The monoisotopic (exact) mass is 367 g/mol. The van der Waals surface area contributed by atoms with E-state index >= 15 is 0 Å². The number of pyridine rings is 1. The Kier molecular flexibility index (Phi) is 4.74. The zero-order chi connectivity index (χ0) is 18.5. The van der Waals surface area contributed by atoms with Crippen LogP contribution in [0.3, 0.4) is 0 Å².